The van der Waals surface area contributed by atoms with E-state index in [1.165, 1.54) is 57.1 Å². The molecule has 0 aromatic heterocycles. The van der Waals surface area contributed by atoms with Crippen molar-refractivity contribution in [2.75, 3.05) is 38.7 Å². The molecule has 138 valence electrons. The average Bonchev–Trinajstić information content (AvgIpc) is 2.52. The molecule has 0 spiro atoms. The van der Waals surface area contributed by atoms with Gasteiger partial charge in [0.25, 0.3) is 0 Å². The van der Waals surface area contributed by atoms with Crippen LogP contribution in [0, 0.1) is 0 Å². The second-order valence-electron chi connectivity index (χ2n) is 6.38. The highest BCUT2D eigenvalue weighted by molar-refractivity contribution is 8.76. The second kappa shape index (κ2) is 18.5. The predicted molar refractivity (Wildman–Crippen MR) is 108 cm³/mol. The number of nitrogens with one attached hydrogen (secondary N) is 1. The summed E-state index contributed by atoms with van der Waals surface area (Å²) in [5.74, 6) is 2.36. The largest absolute Gasteiger partial charge is 0.356 e. The highest BCUT2D eigenvalue weighted by atomic mass is 33.1. The van der Waals surface area contributed by atoms with Crippen molar-refractivity contribution in [3.8, 4) is 0 Å². The minimum absolute atomic E-state index is 0.198. The molecule has 0 aliphatic heterocycles. The fourth-order valence-electron chi connectivity index (χ4n) is 2.26. The molecule has 0 fully saturated rings. The number of carbonyl (C=O) groups excluding carboxylic acids is 1. The van der Waals surface area contributed by atoms with E-state index in [2.05, 4.69) is 31.2 Å². The van der Waals surface area contributed by atoms with Crippen molar-refractivity contribution >= 4 is 27.5 Å². The first-order valence-corrected chi connectivity index (χ1v) is 11.8. The van der Waals surface area contributed by atoms with Crippen LogP contribution in [0.2, 0.25) is 0 Å². The van der Waals surface area contributed by atoms with Crippen molar-refractivity contribution in [1.82, 2.24) is 10.2 Å². The summed E-state index contributed by atoms with van der Waals surface area (Å²) < 4.78 is 0. The van der Waals surface area contributed by atoms with Crippen LogP contribution in [0.3, 0.4) is 0 Å². The molecule has 0 unspecified atom stereocenters. The standard InChI is InChI=1S/C18H38N2OS2/c1-4-5-6-7-8-9-10-11-16-22-23-17-13-18(21)19-14-12-15-20(2)3/h4-17H2,1-3H3,(H,19,21). The maximum atomic E-state index is 11.6. The van der Waals surface area contributed by atoms with Crippen molar-refractivity contribution in [3.63, 3.8) is 0 Å². The van der Waals surface area contributed by atoms with E-state index in [1.54, 1.807) is 0 Å². The van der Waals surface area contributed by atoms with Gasteiger partial charge in [0.15, 0.2) is 0 Å². The summed E-state index contributed by atoms with van der Waals surface area (Å²) in [5, 5.41) is 2.99. The van der Waals surface area contributed by atoms with Gasteiger partial charge >= 0.3 is 0 Å². The number of hydrogen-bond donors (Lipinski definition) is 1. The van der Waals surface area contributed by atoms with Crippen molar-refractivity contribution < 1.29 is 4.79 Å². The van der Waals surface area contributed by atoms with Crippen LogP contribution in [0.25, 0.3) is 0 Å². The summed E-state index contributed by atoms with van der Waals surface area (Å²) in [5.41, 5.74) is 0. The highest BCUT2D eigenvalue weighted by Gasteiger charge is 2.01. The number of carbonyl (C=O) groups is 1. The number of nitrogens with zero attached hydrogens (tertiary/aromatic N) is 1. The molecule has 0 rings (SSSR count). The summed E-state index contributed by atoms with van der Waals surface area (Å²) in [4.78, 5) is 13.8. The molecule has 3 nitrogen and oxygen atoms in total. The number of amides is 1. The van der Waals surface area contributed by atoms with E-state index in [4.69, 9.17) is 0 Å². The molecule has 0 radical (unpaired) electrons. The Labute approximate surface area is 152 Å². The normalized spacial score (nSPS) is 11.1. The van der Waals surface area contributed by atoms with E-state index in [0.29, 0.717) is 6.42 Å². The lowest BCUT2D eigenvalue weighted by Crippen LogP contribution is -2.27. The van der Waals surface area contributed by atoms with Crippen LogP contribution >= 0.6 is 21.6 Å². The van der Waals surface area contributed by atoms with Gasteiger partial charge in [0.05, 0.1) is 0 Å². The third kappa shape index (κ3) is 20.1. The molecule has 0 heterocycles. The van der Waals surface area contributed by atoms with Gasteiger partial charge in [0.2, 0.25) is 5.91 Å². The lowest BCUT2D eigenvalue weighted by Gasteiger charge is -2.09. The first kappa shape index (κ1) is 23.1. The minimum Gasteiger partial charge on any atom is -0.356 e. The van der Waals surface area contributed by atoms with Crippen molar-refractivity contribution in [2.24, 2.45) is 0 Å². The maximum absolute atomic E-state index is 11.6. The van der Waals surface area contributed by atoms with Gasteiger partial charge in [-0.05, 0) is 33.5 Å². The monoisotopic (exact) mass is 362 g/mol. The topological polar surface area (TPSA) is 32.3 Å². The van der Waals surface area contributed by atoms with E-state index in [9.17, 15) is 4.79 Å². The molecule has 0 bridgehead atoms. The van der Waals surface area contributed by atoms with Crippen LogP contribution in [-0.2, 0) is 4.79 Å². The van der Waals surface area contributed by atoms with Crippen molar-refractivity contribution in [1.29, 1.82) is 0 Å². The molecule has 0 aromatic carbocycles. The van der Waals surface area contributed by atoms with Gasteiger partial charge in [0.1, 0.15) is 0 Å². The van der Waals surface area contributed by atoms with Gasteiger partial charge in [-0.2, -0.15) is 0 Å². The molecule has 0 saturated carbocycles. The zero-order chi connectivity index (χ0) is 17.2. The van der Waals surface area contributed by atoms with E-state index in [1.807, 2.05) is 21.6 Å². The summed E-state index contributed by atoms with van der Waals surface area (Å²) in [6.45, 7) is 4.10. The number of rotatable bonds is 17. The molecule has 0 aromatic rings. The molecule has 0 atom stereocenters. The molecule has 5 heteroatoms. The van der Waals surface area contributed by atoms with Crippen molar-refractivity contribution in [3.05, 3.63) is 0 Å². The fourth-order valence-corrected chi connectivity index (χ4v) is 4.40. The molecular formula is C18H38N2OS2. The second-order valence-corrected chi connectivity index (χ2v) is 9.08. The third-order valence-electron chi connectivity index (χ3n) is 3.68. The van der Waals surface area contributed by atoms with Gasteiger partial charge in [-0.25, -0.2) is 0 Å². The Morgan fingerprint density at radius 2 is 1.48 bits per heavy atom. The maximum Gasteiger partial charge on any atom is 0.220 e. The van der Waals surface area contributed by atoms with Crippen LogP contribution in [0.5, 0.6) is 0 Å². The van der Waals surface area contributed by atoms with Gasteiger partial charge < -0.3 is 10.2 Å². The quantitative estimate of drug-likeness (QED) is 0.292. The summed E-state index contributed by atoms with van der Waals surface area (Å²) in [6, 6.07) is 0. The third-order valence-corrected chi connectivity index (χ3v) is 6.17. The Morgan fingerprint density at radius 1 is 0.870 bits per heavy atom. The molecule has 0 aliphatic rings. The lowest BCUT2D eigenvalue weighted by molar-refractivity contribution is -0.120. The molecule has 1 amide bonds. The first-order chi connectivity index (χ1) is 11.2. The summed E-state index contributed by atoms with van der Waals surface area (Å²) in [6.07, 6.45) is 12.7. The van der Waals surface area contributed by atoms with E-state index in [0.717, 1.165) is 25.3 Å². The van der Waals surface area contributed by atoms with Crippen molar-refractivity contribution in [2.45, 2.75) is 71.1 Å². The Kier molecular flexibility index (Phi) is 18.6. The Balaban J connectivity index is 3.13. The van der Waals surface area contributed by atoms with E-state index >= 15 is 0 Å². The van der Waals surface area contributed by atoms with Gasteiger partial charge in [-0.1, -0.05) is 73.5 Å². The Morgan fingerprint density at radius 3 is 2.13 bits per heavy atom. The zero-order valence-electron chi connectivity index (χ0n) is 15.6. The van der Waals surface area contributed by atoms with Crippen LogP contribution < -0.4 is 5.32 Å². The molecule has 0 aliphatic carbocycles. The van der Waals surface area contributed by atoms with Gasteiger partial charge in [-0.3, -0.25) is 4.79 Å². The number of unbranched alkanes of at least 4 members (excludes halogenated alkanes) is 7. The van der Waals surface area contributed by atoms with E-state index < -0.39 is 0 Å². The van der Waals surface area contributed by atoms with Gasteiger partial charge in [-0.15, -0.1) is 0 Å². The molecule has 0 saturated heterocycles. The average molecular weight is 363 g/mol. The van der Waals surface area contributed by atoms with Crippen LogP contribution in [-0.4, -0.2) is 49.5 Å². The highest BCUT2D eigenvalue weighted by Crippen LogP contribution is 2.23. The minimum atomic E-state index is 0.198. The van der Waals surface area contributed by atoms with E-state index in [-0.39, 0.29) is 5.91 Å². The van der Waals surface area contributed by atoms with Crippen LogP contribution in [0.4, 0.5) is 0 Å². The lowest BCUT2D eigenvalue weighted by atomic mass is 10.1. The smallest absolute Gasteiger partial charge is 0.220 e. The van der Waals surface area contributed by atoms with Crippen LogP contribution in [0.1, 0.15) is 71.1 Å². The number of hydrogen-bond acceptors (Lipinski definition) is 4. The molecule has 23 heavy (non-hydrogen) atoms. The summed E-state index contributed by atoms with van der Waals surface area (Å²) >= 11 is 0. The SMILES string of the molecule is CCCCCCCCCCSSCCC(=O)NCCCN(C)C. The zero-order valence-corrected chi connectivity index (χ0v) is 17.2. The fraction of sp³-hybridized carbons (Fsp3) is 0.944. The summed E-state index contributed by atoms with van der Waals surface area (Å²) in [7, 11) is 7.89. The Bertz CT molecular complexity index is 263. The predicted octanol–water partition coefficient (Wildman–Crippen LogP) is 4.97. The molecule has 1 N–H and O–H groups in total. The van der Waals surface area contributed by atoms with Crippen LogP contribution in [0.15, 0.2) is 0 Å². The Hall–Kier alpha value is 0.130. The van der Waals surface area contributed by atoms with Gasteiger partial charge in [0, 0.05) is 24.5 Å². The molecular weight excluding hydrogens is 324 g/mol. The first-order valence-electron chi connectivity index (χ1n) is 9.32.